The van der Waals surface area contributed by atoms with Crippen molar-refractivity contribution < 1.29 is 0 Å². The van der Waals surface area contributed by atoms with Crippen LogP contribution in [0.15, 0.2) is 12.3 Å². The van der Waals surface area contributed by atoms with E-state index in [-0.39, 0.29) is 6.04 Å². The van der Waals surface area contributed by atoms with Crippen molar-refractivity contribution in [1.82, 2.24) is 15.0 Å². The van der Waals surface area contributed by atoms with E-state index in [0.717, 1.165) is 18.5 Å². The van der Waals surface area contributed by atoms with Gasteiger partial charge in [0.15, 0.2) is 0 Å². The smallest absolute Gasteiger partial charge is 0.108 e. The maximum absolute atomic E-state index is 5.94. The van der Waals surface area contributed by atoms with Gasteiger partial charge in [-0.2, -0.15) is 15.0 Å². The maximum atomic E-state index is 5.94. The summed E-state index contributed by atoms with van der Waals surface area (Å²) in [6.45, 7) is 0. The predicted molar refractivity (Wildman–Crippen MR) is 55.4 cm³/mol. The van der Waals surface area contributed by atoms with E-state index >= 15 is 0 Å². The van der Waals surface area contributed by atoms with Crippen molar-refractivity contribution in [1.29, 1.82) is 0 Å². The van der Waals surface area contributed by atoms with Gasteiger partial charge in [0.05, 0.1) is 6.20 Å². The van der Waals surface area contributed by atoms with Crippen LogP contribution in [0, 0.1) is 0 Å². The average molecular weight is 192 g/mol. The summed E-state index contributed by atoms with van der Waals surface area (Å²) in [5.74, 6) is 0. The fraction of sp³-hybridized carbons (Fsp3) is 0.600. The van der Waals surface area contributed by atoms with E-state index in [4.69, 9.17) is 5.73 Å². The number of aromatic nitrogens is 3. The normalized spacial score (nSPS) is 23.0. The Morgan fingerprint density at radius 1 is 1.50 bits per heavy atom. The Morgan fingerprint density at radius 2 is 2.36 bits per heavy atom. The zero-order valence-corrected chi connectivity index (χ0v) is 8.48. The molecule has 0 radical (unpaired) electrons. The molecule has 76 valence electrons. The van der Waals surface area contributed by atoms with E-state index < -0.39 is 0 Å². The molecule has 0 aromatic carbocycles. The van der Waals surface area contributed by atoms with E-state index in [1.165, 1.54) is 18.4 Å². The number of nitrogens with two attached hydrogens (primary N) is 1. The van der Waals surface area contributed by atoms with Gasteiger partial charge in [-0.15, -0.1) is 0 Å². The minimum absolute atomic E-state index is 0.189. The number of aryl methyl sites for hydroxylation is 1. The van der Waals surface area contributed by atoms with E-state index in [2.05, 4.69) is 16.3 Å². The lowest BCUT2D eigenvalue weighted by atomic mass is 10.1. The van der Waals surface area contributed by atoms with Crippen LogP contribution in [0.2, 0.25) is 0 Å². The standard InChI is InChI=1S/C10H16N4/c1-14-12-7-10(13-14)8-4-2-3-5-9(11)6-8/h6-7,9H,2-5,11H2,1H3. The third kappa shape index (κ3) is 2.01. The molecule has 1 aromatic heterocycles. The van der Waals surface area contributed by atoms with Crippen LogP contribution in [0.1, 0.15) is 31.4 Å². The Labute approximate surface area is 83.8 Å². The molecule has 0 aliphatic heterocycles. The van der Waals surface area contributed by atoms with Crippen LogP contribution in [0.3, 0.4) is 0 Å². The lowest BCUT2D eigenvalue weighted by molar-refractivity contribution is 0.650. The van der Waals surface area contributed by atoms with Crippen molar-refractivity contribution in [3.8, 4) is 0 Å². The van der Waals surface area contributed by atoms with Gasteiger partial charge in [-0.05, 0) is 24.8 Å². The summed E-state index contributed by atoms with van der Waals surface area (Å²) < 4.78 is 0. The molecule has 1 unspecified atom stereocenters. The quantitative estimate of drug-likeness (QED) is 0.725. The second-order valence-corrected chi connectivity index (χ2v) is 3.82. The van der Waals surface area contributed by atoms with Crippen molar-refractivity contribution in [3.05, 3.63) is 18.0 Å². The number of rotatable bonds is 1. The summed E-state index contributed by atoms with van der Waals surface area (Å²) in [7, 11) is 1.83. The third-order valence-corrected chi connectivity index (χ3v) is 2.58. The molecule has 14 heavy (non-hydrogen) atoms. The molecule has 0 saturated carbocycles. The Bertz CT molecular complexity index is 340. The molecule has 1 atom stereocenters. The fourth-order valence-electron chi connectivity index (χ4n) is 1.83. The second-order valence-electron chi connectivity index (χ2n) is 3.82. The molecule has 4 heteroatoms. The van der Waals surface area contributed by atoms with Gasteiger partial charge in [-0.1, -0.05) is 12.5 Å². The summed E-state index contributed by atoms with van der Waals surface area (Å²) in [6, 6.07) is 0.189. The zero-order valence-electron chi connectivity index (χ0n) is 8.48. The van der Waals surface area contributed by atoms with Crippen molar-refractivity contribution in [2.45, 2.75) is 31.7 Å². The van der Waals surface area contributed by atoms with Crippen LogP contribution in [-0.2, 0) is 7.05 Å². The highest BCUT2D eigenvalue weighted by Gasteiger charge is 2.11. The Morgan fingerprint density at radius 3 is 3.07 bits per heavy atom. The molecule has 2 N–H and O–H groups in total. The van der Waals surface area contributed by atoms with Crippen LogP contribution < -0.4 is 5.73 Å². The first-order valence-corrected chi connectivity index (χ1v) is 5.08. The molecular formula is C10H16N4. The highest BCUT2D eigenvalue weighted by atomic mass is 15.4. The summed E-state index contributed by atoms with van der Waals surface area (Å²) in [4.78, 5) is 1.59. The number of hydrogen-bond acceptors (Lipinski definition) is 3. The van der Waals surface area contributed by atoms with Crippen molar-refractivity contribution in [2.24, 2.45) is 12.8 Å². The Kier molecular flexibility index (Phi) is 2.63. The number of nitrogens with zero attached hydrogens (tertiary/aromatic N) is 3. The minimum Gasteiger partial charge on any atom is -0.324 e. The summed E-state index contributed by atoms with van der Waals surface area (Å²) in [5.41, 5.74) is 8.17. The zero-order chi connectivity index (χ0) is 9.97. The van der Waals surface area contributed by atoms with E-state index in [0.29, 0.717) is 0 Å². The molecule has 4 nitrogen and oxygen atoms in total. The lowest BCUT2D eigenvalue weighted by Gasteiger charge is -2.02. The van der Waals surface area contributed by atoms with Crippen LogP contribution in [0.4, 0.5) is 0 Å². The van der Waals surface area contributed by atoms with Crippen LogP contribution >= 0.6 is 0 Å². The van der Waals surface area contributed by atoms with Gasteiger partial charge in [0.25, 0.3) is 0 Å². The molecule has 0 bridgehead atoms. The van der Waals surface area contributed by atoms with Crippen molar-refractivity contribution in [2.75, 3.05) is 0 Å². The Balaban J connectivity index is 2.23. The van der Waals surface area contributed by atoms with Crippen molar-refractivity contribution in [3.63, 3.8) is 0 Å². The molecule has 1 heterocycles. The summed E-state index contributed by atoms with van der Waals surface area (Å²) >= 11 is 0. The second kappa shape index (κ2) is 3.92. The van der Waals surface area contributed by atoms with Gasteiger partial charge in [0.1, 0.15) is 5.69 Å². The lowest BCUT2D eigenvalue weighted by Crippen LogP contribution is -2.15. The molecule has 1 aliphatic rings. The van der Waals surface area contributed by atoms with E-state index in [1.807, 2.05) is 13.2 Å². The molecule has 0 saturated heterocycles. The molecule has 0 fully saturated rings. The third-order valence-electron chi connectivity index (χ3n) is 2.58. The van der Waals surface area contributed by atoms with Gasteiger partial charge in [-0.3, -0.25) is 0 Å². The molecular weight excluding hydrogens is 176 g/mol. The first kappa shape index (κ1) is 9.40. The van der Waals surface area contributed by atoms with Gasteiger partial charge in [0.2, 0.25) is 0 Å². The molecule has 1 aromatic rings. The topological polar surface area (TPSA) is 56.7 Å². The van der Waals surface area contributed by atoms with Gasteiger partial charge in [0, 0.05) is 13.1 Å². The first-order valence-electron chi connectivity index (χ1n) is 5.08. The first-order chi connectivity index (χ1) is 6.75. The fourth-order valence-corrected chi connectivity index (χ4v) is 1.83. The van der Waals surface area contributed by atoms with Gasteiger partial charge >= 0.3 is 0 Å². The SMILES string of the molecule is Cn1ncc(C2=CC(N)CCCC2)n1. The van der Waals surface area contributed by atoms with E-state index in [1.54, 1.807) is 4.80 Å². The van der Waals surface area contributed by atoms with Gasteiger partial charge < -0.3 is 5.73 Å². The summed E-state index contributed by atoms with van der Waals surface area (Å²) in [5, 5.41) is 8.36. The number of allylic oxidation sites excluding steroid dienone is 1. The molecule has 0 spiro atoms. The molecule has 1 aliphatic carbocycles. The minimum atomic E-state index is 0.189. The van der Waals surface area contributed by atoms with Gasteiger partial charge in [-0.25, -0.2) is 0 Å². The molecule has 0 amide bonds. The molecule has 2 rings (SSSR count). The largest absolute Gasteiger partial charge is 0.324 e. The van der Waals surface area contributed by atoms with Crippen LogP contribution in [0.25, 0.3) is 5.57 Å². The highest BCUT2D eigenvalue weighted by Crippen LogP contribution is 2.23. The number of hydrogen-bond donors (Lipinski definition) is 1. The maximum Gasteiger partial charge on any atom is 0.108 e. The van der Waals surface area contributed by atoms with E-state index in [9.17, 15) is 0 Å². The van der Waals surface area contributed by atoms with Crippen LogP contribution in [-0.4, -0.2) is 21.0 Å². The highest BCUT2D eigenvalue weighted by molar-refractivity contribution is 5.62. The summed E-state index contributed by atoms with van der Waals surface area (Å²) in [6.07, 6.45) is 8.52. The average Bonchev–Trinajstić information content (AvgIpc) is 2.45. The monoisotopic (exact) mass is 192 g/mol. The predicted octanol–water partition coefficient (Wildman–Crippen LogP) is 1.10. The Hall–Kier alpha value is -1.16. The van der Waals surface area contributed by atoms with Crippen molar-refractivity contribution >= 4 is 5.57 Å². The van der Waals surface area contributed by atoms with Crippen LogP contribution in [0.5, 0.6) is 0 Å².